The minimum absolute atomic E-state index is 0.240. The van der Waals surface area contributed by atoms with Crippen molar-refractivity contribution < 1.29 is 17.9 Å². The number of fused-ring (bicyclic) bond motifs is 1. The lowest BCUT2D eigenvalue weighted by Crippen LogP contribution is -2.50. The van der Waals surface area contributed by atoms with E-state index in [0.29, 0.717) is 18.0 Å². The Morgan fingerprint density at radius 3 is 2.63 bits per heavy atom. The molecule has 7 heteroatoms. The Kier molecular flexibility index (Phi) is 5.41. The monoisotopic (exact) mass is 388 g/mol. The lowest BCUT2D eigenvalue weighted by atomic mass is 10.0. The molecule has 1 atom stereocenters. The van der Waals surface area contributed by atoms with Gasteiger partial charge in [0.1, 0.15) is 11.8 Å². The molecule has 3 rings (SSSR count). The van der Waals surface area contributed by atoms with Gasteiger partial charge in [-0.1, -0.05) is 24.3 Å². The van der Waals surface area contributed by atoms with Crippen LogP contribution < -0.4 is 13.9 Å². The van der Waals surface area contributed by atoms with Crippen molar-refractivity contribution in [3.05, 3.63) is 54.1 Å². The molecule has 0 saturated carbocycles. The van der Waals surface area contributed by atoms with Gasteiger partial charge in [-0.25, -0.2) is 8.42 Å². The highest BCUT2D eigenvalue weighted by atomic mass is 32.2. The molecule has 0 bridgehead atoms. The van der Waals surface area contributed by atoms with Crippen molar-refractivity contribution in [1.82, 2.24) is 0 Å². The molecule has 0 unspecified atom stereocenters. The normalized spacial score (nSPS) is 15.0. The highest BCUT2D eigenvalue weighted by molar-refractivity contribution is 7.92. The van der Waals surface area contributed by atoms with Crippen LogP contribution in [0.5, 0.6) is 5.75 Å². The van der Waals surface area contributed by atoms with Crippen LogP contribution in [0.25, 0.3) is 0 Å². The first-order chi connectivity index (χ1) is 12.8. The van der Waals surface area contributed by atoms with E-state index in [2.05, 4.69) is 0 Å². The first-order valence-electron chi connectivity index (χ1n) is 8.85. The molecule has 1 heterocycles. The molecule has 144 valence electrons. The number of benzene rings is 2. The summed E-state index contributed by atoms with van der Waals surface area (Å²) in [6.07, 6.45) is 2.88. The number of sulfonamides is 1. The van der Waals surface area contributed by atoms with E-state index in [4.69, 9.17) is 4.74 Å². The summed E-state index contributed by atoms with van der Waals surface area (Å²) in [6.45, 7) is 2.20. The van der Waals surface area contributed by atoms with Crippen molar-refractivity contribution in [2.45, 2.75) is 25.8 Å². The number of amides is 1. The smallest absolute Gasteiger partial charge is 0.250 e. The molecule has 0 saturated heterocycles. The zero-order valence-corrected chi connectivity index (χ0v) is 16.6. The van der Waals surface area contributed by atoms with Gasteiger partial charge in [-0.3, -0.25) is 9.10 Å². The van der Waals surface area contributed by atoms with Crippen molar-refractivity contribution in [1.29, 1.82) is 0 Å². The number of aryl methyl sites for hydroxylation is 1. The van der Waals surface area contributed by atoms with E-state index in [1.807, 2.05) is 24.3 Å². The van der Waals surface area contributed by atoms with Crippen LogP contribution in [0.3, 0.4) is 0 Å². The zero-order valence-electron chi connectivity index (χ0n) is 15.8. The molecule has 0 radical (unpaired) electrons. The third-order valence-corrected chi connectivity index (χ3v) is 5.99. The quantitative estimate of drug-likeness (QED) is 0.790. The summed E-state index contributed by atoms with van der Waals surface area (Å²) in [7, 11) is -2.16. The molecule has 0 N–H and O–H groups in total. The Balaban J connectivity index is 1.98. The number of carbonyl (C=O) groups excluding carboxylic acids is 1. The summed E-state index contributed by atoms with van der Waals surface area (Å²) in [5.41, 5.74) is 2.37. The molecule has 27 heavy (non-hydrogen) atoms. The number of para-hydroxylation sites is 1. The van der Waals surface area contributed by atoms with Crippen LogP contribution in [-0.2, 0) is 21.2 Å². The highest BCUT2D eigenvalue weighted by Crippen LogP contribution is 2.30. The molecule has 2 aromatic rings. The SMILES string of the molecule is COc1cccc(N([C@@H](C)C(=O)N2CCCc3ccccc32)S(C)(=O)=O)c1. The van der Waals surface area contributed by atoms with E-state index in [-0.39, 0.29) is 5.91 Å². The van der Waals surface area contributed by atoms with Gasteiger partial charge in [0.15, 0.2) is 0 Å². The Morgan fingerprint density at radius 1 is 1.19 bits per heavy atom. The Hall–Kier alpha value is -2.54. The molecule has 0 fully saturated rings. The average molecular weight is 388 g/mol. The molecule has 6 nitrogen and oxygen atoms in total. The van der Waals surface area contributed by atoms with E-state index in [9.17, 15) is 13.2 Å². The summed E-state index contributed by atoms with van der Waals surface area (Å²) in [6, 6.07) is 13.6. The number of rotatable bonds is 5. The molecule has 0 aliphatic carbocycles. The number of anilines is 2. The maximum Gasteiger partial charge on any atom is 0.250 e. The van der Waals surface area contributed by atoms with Crippen molar-refractivity contribution in [3.63, 3.8) is 0 Å². The maximum absolute atomic E-state index is 13.3. The van der Waals surface area contributed by atoms with Gasteiger partial charge in [-0.2, -0.15) is 0 Å². The summed E-state index contributed by atoms with van der Waals surface area (Å²) >= 11 is 0. The van der Waals surface area contributed by atoms with Gasteiger partial charge in [0.2, 0.25) is 10.0 Å². The van der Waals surface area contributed by atoms with Crippen LogP contribution in [0.4, 0.5) is 11.4 Å². The topological polar surface area (TPSA) is 66.9 Å². The predicted octanol–water partition coefficient (Wildman–Crippen LogP) is 2.83. The second-order valence-corrected chi connectivity index (χ2v) is 8.52. The molecular weight excluding hydrogens is 364 g/mol. The zero-order chi connectivity index (χ0) is 19.6. The van der Waals surface area contributed by atoms with Crippen LogP contribution in [-0.4, -0.2) is 40.3 Å². The van der Waals surface area contributed by atoms with Gasteiger partial charge in [0, 0.05) is 18.3 Å². The second kappa shape index (κ2) is 7.60. The molecule has 0 aromatic heterocycles. The van der Waals surface area contributed by atoms with Crippen LogP contribution in [0.15, 0.2) is 48.5 Å². The Morgan fingerprint density at radius 2 is 1.93 bits per heavy atom. The van der Waals surface area contributed by atoms with Gasteiger partial charge in [0.05, 0.1) is 19.1 Å². The Labute approximate surface area is 160 Å². The summed E-state index contributed by atoms with van der Waals surface area (Å²) in [5.74, 6) is 0.291. The molecule has 1 amide bonds. The van der Waals surface area contributed by atoms with Gasteiger partial charge >= 0.3 is 0 Å². The van der Waals surface area contributed by atoms with Crippen LogP contribution >= 0.6 is 0 Å². The van der Waals surface area contributed by atoms with Gasteiger partial charge in [-0.05, 0) is 43.5 Å². The maximum atomic E-state index is 13.3. The summed E-state index contributed by atoms with van der Waals surface area (Å²) in [5, 5.41) is 0. The number of ether oxygens (including phenoxy) is 1. The van der Waals surface area contributed by atoms with Crippen molar-refractivity contribution in [3.8, 4) is 5.75 Å². The minimum atomic E-state index is -3.67. The third kappa shape index (κ3) is 3.93. The molecular formula is C20H24N2O4S. The number of nitrogens with zero attached hydrogens (tertiary/aromatic N) is 2. The molecule has 0 spiro atoms. The third-order valence-electron chi connectivity index (χ3n) is 4.75. The second-order valence-electron chi connectivity index (χ2n) is 6.66. The molecule has 2 aromatic carbocycles. The first-order valence-corrected chi connectivity index (χ1v) is 10.7. The van der Waals surface area contributed by atoms with Crippen LogP contribution in [0.1, 0.15) is 18.9 Å². The number of hydrogen-bond donors (Lipinski definition) is 0. The molecule has 1 aliphatic heterocycles. The summed E-state index contributed by atoms with van der Waals surface area (Å²) < 4.78 is 31.4. The van der Waals surface area contributed by atoms with Gasteiger partial charge in [-0.15, -0.1) is 0 Å². The highest BCUT2D eigenvalue weighted by Gasteiger charge is 2.34. The van der Waals surface area contributed by atoms with Crippen LogP contribution in [0, 0.1) is 0 Å². The van der Waals surface area contributed by atoms with E-state index in [1.165, 1.54) is 7.11 Å². The minimum Gasteiger partial charge on any atom is -0.497 e. The Bertz CT molecular complexity index is 943. The van der Waals surface area contributed by atoms with Gasteiger partial charge < -0.3 is 9.64 Å². The predicted molar refractivity (Wildman–Crippen MR) is 107 cm³/mol. The number of hydrogen-bond acceptors (Lipinski definition) is 4. The first kappa shape index (κ1) is 19.2. The lowest BCUT2D eigenvalue weighted by molar-refractivity contribution is -0.119. The van der Waals surface area contributed by atoms with E-state index < -0.39 is 16.1 Å². The van der Waals surface area contributed by atoms with Crippen molar-refractivity contribution in [2.75, 3.05) is 29.1 Å². The fourth-order valence-corrected chi connectivity index (χ4v) is 4.70. The van der Waals surface area contributed by atoms with E-state index in [1.54, 1.807) is 36.1 Å². The van der Waals surface area contributed by atoms with Crippen molar-refractivity contribution in [2.24, 2.45) is 0 Å². The van der Waals surface area contributed by atoms with Crippen LogP contribution in [0.2, 0.25) is 0 Å². The number of methoxy groups -OCH3 is 1. The fourth-order valence-electron chi connectivity index (χ4n) is 3.54. The largest absolute Gasteiger partial charge is 0.497 e. The van der Waals surface area contributed by atoms with E-state index in [0.717, 1.165) is 34.7 Å². The molecule has 1 aliphatic rings. The lowest BCUT2D eigenvalue weighted by Gasteiger charge is -2.35. The fraction of sp³-hybridized carbons (Fsp3) is 0.350. The van der Waals surface area contributed by atoms with Crippen molar-refractivity contribution >= 4 is 27.3 Å². The standard InChI is InChI=1S/C20H24N2O4S/c1-15(20(23)21-13-7-9-16-8-4-5-12-19(16)21)22(27(3,24)25)17-10-6-11-18(14-17)26-2/h4-6,8,10-12,14-15H,7,9,13H2,1-3H3/t15-/m0/s1. The van der Waals surface area contributed by atoms with E-state index >= 15 is 0 Å². The summed E-state index contributed by atoms with van der Waals surface area (Å²) in [4.78, 5) is 15.0. The average Bonchev–Trinajstić information content (AvgIpc) is 2.66. The number of carbonyl (C=O) groups is 1. The van der Waals surface area contributed by atoms with Gasteiger partial charge in [0.25, 0.3) is 5.91 Å².